The molecule has 0 aliphatic carbocycles. The SMILES string of the molecule is CCN1C(=O)c2ccc3c(=O)n4c5ccccc5nc4c4ccc(c2c34)C1=O. The Hall–Kier alpha value is -3.80. The first-order valence-electron chi connectivity index (χ1n) is 9.10. The lowest BCUT2D eigenvalue weighted by Crippen LogP contribution is -2.40. The maximum atomic E-state index is 13.3. The molecule has 3 heterocycles. The number of imide groups is 1. The second kappa shape index (κ2) is 4.92. The molecule has 3 aromatic carbocycles. The molecule has 0 bridgehead atoms. The highest BCUT2D eigenvalue weighted by Gasteiger charge is 2.33. The van der Waals surface area contributed by atoms with Crippen LogP contribution in [0.4, 0.5) is 0 Å². The third-order valence-electron chi connectivity index (χ3n) is 5.66. The van der Waals surface area contributed by atoms with Gasteiger partial charge in [0, 0.05) is 39.2 Å². The van der Waals surface area contributed by atoms with Crippen molar-refractivity contribution in [3.05, 3.63) is 70.0 Å². The molecule has 134 valence electrons. The molecule has 0 fully saturated rings. The van der Waals surface area contributed by atoms with Crippen molar-refractivity contribution in [1.82, 2.24) is 14.3 Å². The number of nitrogens with zero attached hydrogens (tertiary/aromatic N) is 3. The van der Waals surface area contributed by atoms with Crippen LogP contribution in [0, 0.1) is 0 Å². The number of para-hydroxylation sites is 2. The van der Waals surface area contributed by atoms with Crippen LogP contribution in [0.1, 0.15) is 27.6 Å². The molecule has 5 aromatic rings. The first-order valence-corrected chi connectivity index (χ1v) is 9.10. The summed E-state index contributed by atoms with van der Waals surface area (Å²) in [5, 5.41) is 2.44. The van der Waals surface area contributed by atoms with E-state index in [0.29, 0.717) is 39.5 Å². The van der Waals surface area contributed by atoms with Gasteiger partial charge in [-0.05, 0) is 43.3 Å². The first kappa shape index (κ1) is 15.3. The fraction of sp³-hybridized carbons (Fsp3) is 0.0909. The summed E-state index contributed by atoms with van der Waals surface area (Å²) in [6, 6.07) is 14.4. The van der Waals surface area contributed by atoms with Crippen LogP contribution < -0.4 is 5.56 Å². The zero-order chi connectivity index (χ0) is 19.2. The molecular formula is C22H13N3O3. The van der Waals surface area contributed by atoms with E-state index in [0.717, 1.165) is 16.4 Å². The van der Waals surface area contributed by atoms with Crippen molar-refractivity contribution in [2.45, 2.75) is 6.92 Å². The van der Waals surface area contributed by atoms with E-state index in [1.807, 2.05) is 30.3 Å². The Morgan fingerprint density at radius 3 is 2.21 bits per heavy atom. The molecule has 1 aliphatic rings. The molecule has 0 unspecified atom stereocenters. The molecule has 2 aromatic heterocycles. The molecule has 0 atom stereocenters. The van der Waals surface area contributed by atoms with Crippen molar-refractivity contribution in [2.75, 3.05) is 6.54 Å². The Morgan fingerprint density at radius 2 is 1.50 bits per heavy atom. The smallest absolute Gasteiger partial charge is 0.264 e. The number of rotatable bonds is 1. The van der Waals surface area contributed by atoms with Crippen LogP contribution in [0.3, 0.4) is 0 Å². The third-order valence-corrected chi connectivity index (χ3v) is 5.66. The zero-order valence-electron chi connectivity index (χ0n) is 14.9. The predicted octanol–water partition coefficient (Wildman–Crippen LogP) is 3.21. The number of hydrogen-bond donors (Lipinski definition) is 0. The molecule has 1 aliphatic heterocycles. The average Bonchev–Trinajstić information content (AvgIpc) is 3.10. The predicted molar refractivity (Wildman–Crippen MR) is 106 cm³/mol. The Bertz CT molecular complexity index is 1540. The van der Waals surface area contributed by atoms with E-state index in [9.17, 15) is 14.4 Å². The van der Waals surface area contributed by atoms with Gasteiger partial charge in [0.25, 0.3) is 17.4 Å². The van der Waals surface area contributed by atoms with Crippen LogP contribution in [-0.4, -0.2) is 32.6 Å². The van der Waals surface area contributed by atoms with Crippen molar-refractivity contribution in [2.24, 2.45) is 0 Å². The molecule has 0 N–H and O–H groups in total. The van der Waals surface area contributed by atoms with E-state index in [1.54, 1.807) is 29.5 Å². The maximum Gasteiger partial charge on any atom is 0.264 e. The van der Waals surface area contributed by atoms with E-state index < -0.39 is 0 Å². The number of aromatic nitrogens is 2. The molecule has 28 heavy (non-hydrogen) atoms. The molecule has 0 saturated carbocycles. The Balaban J connectivity index is 1.91. The minimum atomic E-state index is -0.324. The third kappa shape index (κ3) is 1.59. The lowest BCUT2D eigenvalue weighted by molar-refractivity contribution is 0.0619. The van der Waals surface area contributed by atoms with Crippen molar-refractivity contribution >= 4 is 50.0 Å². The van der Waals surface area contributed by atoms with Gasteiger partial charge in [-0.15, -0.1) is 0 Å². The van der Waals surface area contributed by atoms with Crippen LogP contribution in [-0.2, 0) is 0 Å². The van der Waals surface area contributed by atoms with E-state index in [4.69, 9.17) is 0 Å². The van der Waals surface area contributed by atoms with Crippen LogP contribution in [0.5, 0.6) is 0 Å². The van der Waals surface area contributed by atoms with E-state index >= 15 is 0 Å². The standard InChI is InChI=1S/C22H13N3O3/c1-2-24-20(26)12-8-7-11-17-14(10-9-13(18(12)17)21(24)27)22(28)25-16-6-4-3-5-15(16)23-19(11)25/h3-10H,2H2,1H3. The van der Waals surface area contributed by atoms with Gasteiger partial charge in [-0.2, -0.15) is 0 Å². The van der Waals surface area contributed by atoms with Crippen molar-refractivity contribution in [1.29, 1.82) is 0 Å². The Labute approximate surface area is 158 Å². The largest absolute Gasteiger partial charge is 0.275 e. The van der Waals surface area contributed by atoms with E-state index in [1.165, 1.54) is 4.90 Å². The number of amides is 2. The number of benzene rings is 3. The minimum absolute atomic E-state index is 0.197. The summed E-state index contributed by atoms with van der Waals surface area (Å²) in [4.78, 5) is 44.9. The highest BCUT2D eigenvalue weighted by atomic mass is 16.2. The molecule has 0 spiro atoms. The van der Waals surface area contributed by atoms with Crippen LogP contribution in [0.15, 0.2) is 53.3 Å². The van der Waals surface area contributed by atoms with Gasteiger partial charge < -0.3 is 0 Å². The fourth-order valence-electron chi connectivity index (χ4n) is 4.42. The number of carbonyl (C=O) groups is 2. The summed E-state index contributed by atoms with van der Waals surface area (Å²) in [6.45, 7) is 2.08. The summed E-state index contributed by atoms with van der Waals surface area (Å²) < 4.78 is 1.61. The summed E-state index contributed by atoms with van der Waals surface area (Å²) in [7, 11) is 0. The van der Waals surface area contributed by atoms with Gasteiger partial charge >= 0.3 is 0 Å². The molecule has 6 heteroatoms. The number of imidazole rings is 1. The summed E-state index contributed by atoms with van der Waals surface area (Å²) in [5.74, 6) is -0.648. The number of pyridine rings is 1. The van der Waals surface area contributed by atoms with Gasteiger partial charge in [-0.3, -0.25) is 23.7 Å². The van der Waals surface area contributed by atoms with Gasteiger partial charge in [0.2, 0.25) is 0 Å². The highest BCUT2D eigenvalue weighted by molar-refractivity contribution is 6.31. The topological polar surface area (TPSA) is 71.8 Å². The van der Waals surface area contributed by atoms with E-state index in [-0.39, 0.29) is 17.4 Å². The van der Waals surface area contributed by atoms with E-state index in [2.05, 4.69) is 4.98 Å². The summed E-state index contributed by atoms with van der Waals surface area (Å²) in [6.07, 6.45) is 0. The monoisotopic (exact) mass is 367 g/mol. The fourth-order valence-corrected chi connectivity index (χ4v) is 4.42. The lowest BCUT2D eigenvalue weighted by atomic mass is 9.90. The second-order valence-corrected chi connectivity index (χ2v) is 6.99. The van der Waals surface area contributed by atoms with Gasteiger partial charge in [-0.25, -0.2) is 4.98 Å². The minimum Gasteiger partial charge on any atom is -0.275 e. The van der Waals surface area contributed by atoms with Gasteiger partial charge in [-0.1, -0.05) is 12.1 Å². The van der Waals surface area contributed by atoms with Gasteiger partial charge in [0.05, 0.1) is 11.0 Å². The Kier molecular flexibility index (Phi) is 2.69. The number of fused-ring (bicyclic) bond motifs is 4. The molecular weight excluding hydrogens is 354 g/mol. The maximum absolute atomic E-state index is 13.3. The summed E-state index contributed by atoms with van der Waals surface area (Å²) >= 11 is 0. The summed E-state index contributed by atoms with van der Waals surface area (Å²) in [5.41, 5.74) is 2.72. The molecule has 6 nitrogen and oxygen atoms in total. The highest BCUT2D eigenvalue weighted by Crippen LogP contribution is 2.37. The second-order valence-electron chi connectivity index (χ2n) is 6.99. The van der Waals surface area contributed by atoms with Crippen LogP contribution in [0.25, 0.3) is 38.2 Å². The van der Waals surface area contributed by atoms with Crippen molar-refractivity contribution in [3.8, 4) is 0 Å². The molecule has 0 saturated heterocycles. The van der Waals surface area contributed by atoms with Gasteiger partial charge in [0.1, 0.15) is 5.65 Å². The Morgan fingerprint density at radius 1 is 0.821 bits per heavy atom. The zero-order valence-corrected chi connectivity index (χ0v) is 14.9. The average molecular weight is 367 g/mol. The van der Waals surface area contributed by atoms with Crippen LogP contribution in [0.2, 0.25) is 0 Å². The normalized spacial score (nSPS) is 14.2. The van der Waals surface area contributed by atoms with Gasteiger partial charge in [0.15, 0.2) is 0 Å². The number of carbonyl (C=O) groups excluding carboxylic acids is 2. The number of hydrogen-bond acceptors (Lipinski definition) is 4. The van der Waals surface area contributed by atoms with Crippen molar-refractivity contribution in [3.63, 3.8) is 0 Å². The molecule has 2 amide bonds. The quantitative estimate of drug-likeness (QED) is 0.427. The first-order chi connectivity index (χ1) is 13.6. The van der Waals surface area contributed by atoms with Crippen molar-refractivity contribution < 1.29 is 9.59 Å². The molecule has 6 rings (SSSR count). The molecule has 0 radical (unpaired) electrons. The lowest BCUT2D eigenvalue weighted by Gasteiger charge is -2.26. The van der Waals surface area contributed by atoms with Crippen LogP contribution >= 0.6 is 0 Å².